The number of aryl methyl sites for hydroxylation is 1. The minimum absolute atomic E-state index is 0. The number of hydrogen-bond donors (Lipinski definition) is 1. The van der Waals surface area contributed by atoms with Crippen molar-refractivity contribution in [2.24, 2.45) is 0 Å². The Balaban J connectivity index is 0. The quantitative estimate of drug-likeness (QED) is 0.454. The van der Waals surface area contributed by atoms with Gasteiger partial charge in [0.2, 0.25) is 0 Å². The molecule has 0 bridgehead atoms. The van der Waals surface area contributed by atoms with Gasteiger partial charge in [-0.3, -0.25) is 4.55 Å². The van der Waals surface area contributed by atoms with E-state index in [1.54, 1.807) is 12.1 Å². The van der Waals surface area contributed by atoms with E-state index in [4.69, 9.17) is 4.55 Å². The first kappa shape index (κ1) is 17.1. The monoisotopic (exact) mass is 266 g/mol. The smallest absolute Gasteiger partial charge is 1.00 e. The zero-order valence-corrected chi connectivity index (χ0v) is 13.3. The fourth-order valence-corrected chi connectivity index (χ4v) is 2.06. The Morgan fingerprint density at radius 1 is 1.12 bits per heavy atom. The molecule has 0 saturated carbocycles. The van der Waals surface area contributed by atoms with E-state index in [1.807, 2.05) is 0 Å². The molecular formula is C12H19NaO3S. The minimum Gasteiger partial charge on any atom is -1.00 e. The normalized spacial score (nSPS) is 10.9. The Kier molecular flexibility index (Phi) is 8.33. The Bertz CT molecular complexity index is 417. The van der Waals surface area contributed by atoms with Gasteiger partial charge in [-0.2, -0.15) is 8.42 Å². The van der Waals surface area contributed by atoms with Gasteiger partial charge in [0.1, 0.15) is 0 Å². The van der Waals surface area contributed by atoms with Crippen molar-refractivity contribution >= 4 is 10.1 Å². The molecule has 5 heteroatoms. The summed E-state index contributed by atoms with van der Waals surface area (Å²) in [7, 11) is -4.05. The Morgan fingerprint density at radius 2 is 1.71 bits per heavy atom. The average molecular weight is 266 g/mol. The maximum Gasteiger partial charge on any atom is 1.00 e. The second kappa shape index (κ2) is 8.27. The molecule has 3 nitrogen and oxygen atoms in total. The van der Waals surface area contributed by atoms with E-state index in [9.17, 15) is 8.42 Å². The van der Waals surface area contributed by atoms with Gasteiger partial charge in [0.05, 0.1) is 4.90 Å². The second-order valence-corrected chi connectivity index (χ2v) is 5.35. The van der Waals surface area contributed by atoms with Gasteiger partial charge in [-0.05, 0) is 30.5 Å². The molecule has 17 heavy (non-hydrogen) atoms. The predicted molar refractivity (Wildman–Crippen MR) is 65.2 cm³/mol. The van der Waals surface area contributed by atoms with Crippen LogP contribution < -0.4 is 29.6 Å². The van der Waals surface area contributed by atoms with E-state index in [0.717, 1.165) is 18.4 Å². The van der Waals surface area contributed by atoms with Gasteiger partial charge in [0.25, 0.3) is 10.1 Å². The van der Waals surface area contributed by atoms with Gasteiger partial charge >= 0.3 is 29.6 Å². The number of rotatable bonds is 6. The summed E-state index contributed by atoms with van der Waals surface area (Å²) >= 11 is 0. The van der Waals surface area contributed by atoms with Crippen LogP contribution in [0.2, 0.25) is 0 Å². The molecule has 92 valence electrons. The summed E-state index contributed by atoms with van der Waals surface area (Å²) < 4.78 is 30.4. The largest absolute Gasteiger partial charge is 1.00 e. The predicted octanol–water partition coefficient (Wildman–Crippen LogP) is 0.173. The van der Waals surface area contributed by atoms with Crippen LogP contribution in [0.15, 0.2) is 29.2 Å². The van der Waals surface area contributed by atoms with E-state index in [-0.39, 0.29) is 35.9 Å². The van der Waals surface area contributed by atoms with Gasteiger partial charge in [-0.1, -0.05) is 38.3 Å². The van der Waals surface area contributed by atoms with Crippen LogP contribution in [-0.2, 0) is 16.5 Å². The maximum absolute atomic E-state index is 10.8. The third-order valence-corrected chi connectivity index (χ3v) is 3.41. The molecule has 0 spiro atoms. The van der Waals surface area contributed by atoms with Crippen LogP contribution in [0.5, 0.6) is 0 Å². The van der Waals surface area contributed by atoms with E-state index in [0.29, 0.717) is 0 Å². The summed E-state index contributed by atoms with van der Waals surface area (Å²) in [4.78, 5) is -0.0372. The van der Waals surface area contributed by atoms with Crippen LogP contribution in [-0.4, -0.2) is 13.0 Å². The zero-order valence-electron chi connectivity index (χ0n) is 11.5. The van der Waals surface area contributed by atoms with Gasteiger partial charge in [0, 0.05) is 0 Å². The number of hydrogen-bond acceptors (Lipinski definition) is 2. The minimum atomic E-state index is -4.05. The van der Waals surface area contributed by atoms with Gasteiger partial charge in [-0.15, -0.1) is 0 Å². The molecule has 1 aromatic rings. The molecule has 0 aliphatic carbocycles. The molecule has 0 amide bonds. The molecule has 0 aromatic heterocycles. The molecule has 1 aromatic carbocycles. The van der Waals surface area contributed by atoms with Crippen LogP contribution >= 0.6 is 0 Å². The first-order valence-electron chi connectivity index (χ1n) is 5.60. The Morgan fingerprint density at radius 3 is 2.18 bits per heavy atom. The Labute approximate surface area is 127 Å². The summed E-state index contributed by atoms with van der Waals surface area (Å²) in [6.45, 7) is 2.17. The zero-order chi connectivity index (χ0) is 12.0. The van der Waals surface area contributed by atoms with E-state index in [1.165, 1.54) is 31.4 Å². The molecule has 0 atom stereocenters. The molecule has 0 aliphatic heterocycles. The summed E-state index contributed by atoms with van der Waals surface area (Å²) in [5, 5.41) is 0. The second-order valence-electron chi connectivity index (χ2n) is 3.93. The van der Waals surface area contributed by atoms with Gasteiger partial charge < -0.3 is 1.43 Å². The third-order valence-electron chi connectivity index (χ3n) is 2.54. The average Bonchev–Trinajstić information content (AvgIpc) is 2.24. The maximum atomic E-state index is 10.8. The van der Waals surface area contributed by atoms with E-state index < -0.39 is 10.1 Å². The van der Waals surface area contributed by atoms with Gasteiger partial charge in [-0.25, -0.2) is 0 Å². The fourth-order valence-electron chi connectivity index (χ4n) is 1.58. The van der Waals surface area contributed by atoms with Crippen LogP contribution in [0, 0.1) is 0 Å². The van der Waals surface area contributed by atoms with Crippen molar-refractivity contribution in [3.63, 3.8) is 0 Å². The summed E-state index contributed by atoms with van der Waals surface area (Å²) in [5.41, 5.74) is 1.11. The SMILES string of the molecule is CCCCCCc1ccc(S(=O)(=O)O)cc1.[H-].[Na+]. The molecule has 0 aliphatic rings. The van der Waals surface area contributed by atoms with E-state index >= 15 is 0 Å². The van der Waals surface area contributed by atoms with Crippen molar-refractivity contribution in [1.29, 1.82) is 0 Å². The first-order chi connectivity index (χ1) is 7.54. The van der Waals surface area contributed by atoms with Crippen molar-refractivity contribution in [1.82, 2.24) is 0 Å². The topological polar surface area (TPSA) is 54.4 Å². The summed E-state index contributed by atoms with van der Waals surface area (Å²) in [6, 6.07) is 6.42. The van der Waals surface area contributed by atoms with Crippen molar-refractivity contribution in [3.05, 3.63) is 29.8 Å². The van der Waals surface area contributed by atoms with Crippen molar-refractivity contribution < 1.29 is 44.0 Å². The summed E-state index contributed by atoms with van der Waals surface area (Å²) in [6.07, 6.45) is 5.74. The van der Waals surface area contributed by atoms with Crippen molar-refractivity contribution in [3.8, 4) is 0 Å². The van der Waals surface area contributed by atoms with Crippen LogP contribution in [0.4, 0.5) is 0 Å². The molecule has 0 radical (unpaired) electrons. The molecule has 0 fully saturated rings. The summed E-state index contributed by atoms with van der Waals surface area (Å²) in [5.74, 6) is 0. The molecule has 1 N–H and O–H groups in total. The number of unbranched alkanes of at least 4 members (excludes halogenated alkanes) is 3. The first-order valence-corrected chi connectivity index (χ1v) is 7.04. The van der Waals surface area contributed by atoms with Crippen LogP contribution in [0.3, 0.4) is 0 Å². The standard InChI is InChI=1S/C12H18O3S.Na.H/c1-2-3-4-5-6-11-7-9-12(10-8-11)16(13,14)15;;/h7-10H,2-6H2,1H3,(H,13,14,15);;/q;+1;-1. The van der Waals surface area contributed by atoms with Gasteiger partial charge in [0.15, 0.2) is 0 Å². The number of benzene rings is 1. The van der Waals surface area contributed by atoms with Crippen molar-refractivity contribution in [2.75, 3.05) is 0 Å². The van der Waals surface area contributed by atoms with E-state index in [2.05, 4.69) is 6.92 Å². The van der Waals surface area contributed by atoms with Crippen LogP contribution in [0.25, 0.3) is 0 Å². The molecule has 0 saturated heterocycles. The molecular weight excluding hydrogens is 247 g/mol. The molecule has 0 heterocycles. The molecule has 0 unspecified atom stereocenters. The Hall–Kier alpha value is 0.130. The third kappa shape index (κ3) is 6.58. The van der Waals surface area contributed by atoms with Crippen molar-refractivity contribution in [2.45, 2.75) is 43.9 Å². The van der Waals surface area contributed by atoms with Crippen LogP contribution in [0.1, 0.15) is 39.6 Å². The fraction of sp³-hybridized carbons (Fsp3) is 0.500. The molecule has 1 rings (SSSR count).